The van der Waals surface area contributed by atoms with Gasteiger partial charge in [-0.15, -0.1) is 0 Å². The molecule has 0 saturated heterocycles. The number of hydrogen-bond donors (Lipinski definition) is 1. The summed E-state index contributed by atoms with van der Waals surface area (Å²) in [5.74, 6) is 6.44. The van der Waals surface area contributed by atoms with Gasteiger partial charge in [0.1, 0.15) is 6.29 Å². The second-order valence-corrected chi connectivity index (χ2v) is 4.77. The number of allylic oxidation sites excluding steroid dienone is 1. The second-order valence-electron chi connectivity index (χ2n) is 4.77. The zero-order chi connectivity index (χ0) is 17.1. The molecule has 0 atom stereocenters. The topological polar surface area (TPSA) is 29.1 Å². The first kappa shape index (κ1) is 18.3. The number of anilines is 1. The largest absolute Gasteiger partial charge is 0.380 e. The van der Waals surface area contributed by atoms with Gasteiger partial charge in [-0.05, 0) is 36.3 Å². The summed E-state index contributed by atoms with van der Waals surface area (Å²) in [6, 6.07) is 16.4. The molecule has 0 aliphatic carbocycles. The van der Waals surface area contributed by atoms with Gasteiger partial charge >= 0.3 is 0 Å². The molecule has 1 aliphatic rings. The SMILES string of the molecule is C1#Cc2ccccc2NCc2ccccc21.C=C(C)C=O.CC. The van der Waals surface area contributed by atoms with E-state index in [1.807, 2.05) is 38.1 Å². The van der Waals surface area contributed by atoms with E-state index < -0.39 is 0 Å². The van der Waals surface area contributed by atoms with Crippen molar-refractivity contribution in [2.75, 3.05) is 5.32 Å². The van der Waals surface area contributed by atoms with Gasteiger partial charge in [-0.25, -0.2) is 0 Å². The Kier molecular flexibility index (Phi) is 7.96. The van der Waals surface area contributed by atoms with Crippen molar-refractivity contribution in [3.8, 4) is 11.8 Å². The molecule has 2 nitrogen and oxygen atoms in total. The van der Waals surface area contributed by atoms with Crippen LogP contribution < -0.4 is 5.32 Å². The van der Waals surface area contributed by atoms with E-state index in [1.54, 1.807) is 6.92 Å². The van der Waals surface area contributed by atoms with Gasteiger partial charge in [0, 0.05) is 17.7 Å². The van der Waals surface area contributed by atoms with Crippen LogP contribution in [0.4, 0.5) is 5.69 Å². The molecular weight excluding hydrogens is 282 g/mol. The predicted molar refractivity (Wildman–Crippen MR) is 98.4 cm³/mol. The fourth-order valence-electron chi connectivity index (χ4n) is 1.87. The van der Waals surface area contributed by atoms with Gasteiger partial charge in [0.25, 0.3) is 0 Å². The predicted octanol–water partition coefficient (Wildman–Crippen LogP) is 4.80. The zero-order valence-electron chi connectivity index (χ0n) is 14.0. The van der Waals surface area contributed by atoms with Gasteiger partial charge in [-0.3, -0.25) is 4.79 Å². The molecule has 0 spiro atoms. The Labute approximate surface area is 139 Å². The number of hydrogen-bond acceptors (Lipinski definition) is 2. The van der Waals surface area contributed by atoms with E-state index in [-0.39, 0.29) is 0 Å². The monoisotopic (exact) mass is 305 g/mol. The lowest BCUT2D eigenvalue weighted by molar-refractivity contribution is -0.104. The maximum atomic E-state index is 9.41. The van der Waals surface area contributed by atoms with Gasteiger partial charge in [-0.2, -0.15) is 0 Å². The van der Waals surface area contributed by atoms with E-state index in [0.717, 1.165) is 29.6 Å². The van der Waals surface area contributed by atoms with Crippen molar-refractivity contribution in [3.63, 3.8) is 0 Å². The summed E-state index contributed by atoms with van der Waals surface area (Å²) in [5.41, 5.74) is 5.13. The highest BCUT2D eigenvalue weighted by Crippen LogP contribution is 2.18. The van der Waals surface area contributed by atoms with Crippen LogP contribution in [0.3, 0.4) is 0 Å². The van der Waals surface area contributed by atoms with Crippen molar-refractivity contribution in [2.45, 2.75) is 27.3 Å². The molecule has 118 valence electrons. The zero-order valence-corrected chi connectivity index (χ0v) is 14.0. The first-order chi connectivity index (χ1) is 11.2. The number of para-hydroxylation sites is 1. The standard InChI is InChI=1S/C15H11N.C4H6O.C2H6/c1-2-7-14-11-16-15-8-4-3-6-13(15)10-9-12(14)5-1;1-4(2)3-5;1-2/h1-8,16H,11H2;3H,1H2,2H3;1-2H3. The highest BCUT2D eigenvalue weighted by Gasteiger charge is 2.04. The van der Waals surface area contributed by atoms with Crippen LogP contribution in [0.25, 0.3) is 0 Å². The van der Waals surface area contributed by atoms with Crippen molar-refractivity contribution in [1.82, 2.24) is 0 Å². The van der Waals surface area contributed by atoms with Crippen LogP contribution in [-0.4, -0.2) is 6.29 Å². The molecule has 0 aromatic heterocycles. The molecule has 0 fully saturated rings. The molecule has 23 heavy (non-hydrogen) atoms. The lowest BCUT2D eigenvalue weighted by Crippen LogP contribution is -2.04. The highest BCUT2D eigenvalue weighted by molar-refractivity contribution is 5.70. The van der Waals surface area contributed by atoms with Crippen LogP contribution in [0, 0.1) is 11.8 Å². The summed E-state index contributed by atoms with van der Waals surface area (Å²) in [4.78, 5) is 9.41. The molecule has 0 unspecified atom stereocenters. The van der Waals surface area contributed by atoms with Crippen molar-refractivity contribution < 1.29 is 4.79 Å². The van der Waals surface area contributed by atoms with Crippen molar-refractivity contribution in [2.24, 2.45) is 0 Å². The lowest BCUT2D eigenvalue weighted by atomic mass is 10.0. The fourth-order valence-corrected chi connectivity index (χ4v) is 1.87. The quantitative estimate of drug-likeness (QED) is 0.466. The van der Waals surface area contributed by atoms with Crippen LogP contribution in [0.1, 0.15) is 37.5 Å². The normalized spacial score (nSPS) is 10.0. The average molecular weight is 305 g/mol. The molecule has 1 aliphatic heterocycles. The van der Waals surface area contributed by atoms with Crippen LogP contribution >= 0.6 is 0 Å². The number of nitrogens with one attached hydrogen (secondary N) is 1. The summed E-state index contributed by atoms with van der Waals surface area (Å²) >= 11 is 0. The maximum absolute atomic E-state index is 9.41. The molecule has 0 saturated carbocycles. The summed E-state index contributed by atoms with van der Waals surface area (Å²) in [7, 11) is 0. The van der Waals surface area contributed by atoms with E-state index in [1.165, 1.54) is 5.56 Å². The average Bonchev–Trinajstić information content (AvgIpc) is 2.59. The number of rotatable bonds is 1. The number of carbonyl (C=O) groups is 1. The Morgan fingerprint density at radius 2 is 1.57 bits per heavy atom. The maximum Gasteiger partial charge on any atom is 0.145 e. The molecule has 0 bridgehead atoms. The molecule has 2 heteroatoms. The third-order valence-electron chi connectivity index (χ3n) is 2.95. The van der Waals surface area contributed by atoms with Crippen LogP contribution in [0.5, 0.6) is 0 Å². The Balaban J connectivity index is 0.000000327. The van der Waals surface area contributed by atoms with Gasteiger partial charge in [0.05, 0.1) is 5.69 Å². The van der Waals surface area contributed by atoms with E-state index in [9.17, 15) is 4.79 Å². The van der Waals surface area contributed by atoms with E-state index in [4.69, 9.17) is 0 Å². The van der Waals surface area contributed by atoms with Crippen molar-refractivity contribution in [3.05, 3.63) is 77.4 Å². The van der Waals surface area contributed by atoms with Crippen LogP contribution in [-0.2, 0) is 11.3 Å². The van der Waals surface area contributed by atoms with E-state index >= 15 is 0 Å². The summed E-state index contributed by atoms with van der Waals surface area (Å²) in [6.45, 7) is 9.80. The number of aldehydes is 1. The molecule has 1 N–H and O–H groups in total. The first-order valence-electron chi connectivity index (χ1n) is 7.74. The van der Waals surface area contributed by atoms with E-state index in [0.29, 0.717) is 5.57 Å². The minimum atomic E-state index is 0.574. The van der Waals surface area contributed by atoms with E-state index in [2.05, 4.69) is 48.0 Å². The lowest BCUT2D eigenvalue weighted by Gasteiger charge is -2.12. The Morgan fingerprint density at radius 3 is 2.22 bits per heavy atom. The molecular formula is C21H23NO. The number of benzene rings is 2. The minimum absolute atomic E-state index is 0.574. The minimum Gasteiger partial charge on any atom is -0.380 e. The Morgan fingerprint density at radius 1 is 1.04 bits per heavy atom. The molecule has 0 amide bonds. The summed E-state index contributed by atoms with van der Waals surface area (Å²) in [5, 5.41) is 3.42. The smallest absolute Gasteiger partial charge is 0.145 e. The number of carbonyl (C=O) groups excluding carboxylic acids is 1. The molecule has 2 aromatic rings. The molecule has 0 radical (unpaired) electrons. The van der Waals surface area contributed by atoms with Crippen LogP contribution in [0.15, 0.2) is 60.7 Å². The fraction of sp³-hybridized carbons (Fsp3) is 0.190. The summed E-state index contributed by atoms with van der Waals surface area (Å²) < 4.78 is 0. The third kappa shape index (κ3) is 5.84. The second kappa shape index (κ2) is 10.0. The molecule has 3 rings (SSSR count). The Hall–Kier alpha value is -2.79. The number of fused-ring (bicyclic) bond motifs is 2. The van der Waals surface area contributed by atoms with Crippen LogP contribution in [0.2, 0.25) is 0 Å². The van der Waals surface area contributed by atoms with Gasteiger partial charge in [0.15, 0.2) is 0 Å². The van der Waals surface area contributed by atoms with Gasteiger partial charge in [-0.1, -0.05) is 62.6 Å². The summed E-state index contributed by atoms with van der Waals surface area (Å²) in [6.07, 6.45) is 0.722. The van der Waals surface area contributed by atoms with Crippen molar-refractivity contribution in [1.29, 1.82) is 0 Å². The van der Waals surface area contributed by atoms with Crippen molar-refractivity contribution >= 4 is 12.0 Å². The van der Waals surface area contributed by atoms with Gasteiger partial charge < -0.3 is 5.32 Å². The third-order valence-corrected chi connectivity index (χ3v) is 2.95. The molecule has 2 aromatic carbocycles. The molecule has 1 heterocycles. The van der Waals surface area contributed by atoms with Gasteiger partial charge in [0.2, 0.25) is 0 Å². The Bertz CT molecular complexity index is 668. The highest BCUT2D eigenvalue weighted by atomic mass is 16.1. The first-order valence-corrected chi connectivity index (χ1v) is 7.74.